The molecule has 0 aliphatic carbocycles. The molecule has 2 N–H and O–H groups in total. The van der Waals surface area contributed by atoms with E-state index in [1.807, 2.05) is 6.92 Å². The predicted octanol–water partition coefficient (Wildman–Crippen LogP) is 0.0288. The van der Waals surface area contributed by atoms with Crippen molar-refractivity contribution >= 4 is 27.7 Å². The van der Waals surface area contributed by atoms with Gasteiger partial charge in [-0.3, -0.25) is 4.79 Å². The Bertz CT molecular complexity index is 1010. The van der Waals surface area contributed by atoms with Crippen LogP contribution in [-0.4, -0.2) is 30.0 Å². The molecule has 0 saturated carbocycles. The first-order valence-electron chi connectivity index (χ1n) is 7.07. The Balaban J connectivity index is 2.71. The Hall–Kier alpha value is -3.01. The van der Waals surface area contributed by atoms with Crippen molar-refractivity contribution < 1.29 is 22.8 Å². The van der Waals surface area contributed by atoms with Crippen LogP contribution < -0.4 is 16.1 Å². The molecule has 0 radical (unpaired) electrons. The van der Waals surface area contributed by atoms with E-state index in [1.165, 1.54) is 12.1 Å². The van der Waals surface area contributed by atoms with Gasteiger partial charge in [0.1, 0.15) is 0 Å². The minimum absolute atomic E-state index is 0.00371. The number of nitrogens with zero attached hydrogens (tertiary/aromatic N) is 3. The number of nitrogens with two attached hydrogens (primary N) is 1. The van der Waals surface area contributed by atoms with Crippen molar-refractivity contribution in [2.75, 3.05) is 5.73 Å². The molecule has 0 saturated heterocycles. The van der Waals surface area contributed by atoms with Crippen LogP contribution in [0.15, 0.2) is 45.2 Å². The summed E-state index contributed by atoms with van der Waals surface area (Å²) in [5.41, 5.74) is 6.31. The summed E-state index contributed by atoms with van der Waals surface area (Å²) >= 11 is 0. The average molecular weight is 364 g/mol. The summed E-state index contributed by atoms with van der Waals surface area (Å²) in [6.07, 6.45) is 0. The fourth-order valence-corrected chi connectivity index (χ4v) is 3.12. The SMILES string of the molecule is CC(=O)N=c1cc(S(=O)(=O)c2ccc(C)cc2)nc(N)n1OC(C)=O. The van der Waals surface area contributed by atoms with E-state index >= 15 is 0 Å². The number of carbonyl (C=O) groups excluding carboxylic acids is 2. The lowest BCUT2D eigenvalue weighted by atomic mass is 10.2. The van der Waals surface area contributed by atoms with Crippen LogP contribution in [0.1, 0.15) is 19.4 Å². The Morgan fingerprint density at radius 1 is 1.20 bits per heavy atom. The summed E-state index contributed by atoms with van der Waals surface area (Å²) in [5.74, 6) is -1.82. The number of benzene rings is 1. The molecule has 0 fully saturated rings. The molecule has 2 aromatic rings. The highest BCUT2D eigenvalue weighted by Gasteiger charge is 2.22. The van der Waals surface area contributed by atoms with Crippen molar-refractivity contribution in [3.63, 3.8) is 0 Å². The van der Waals surface area contributed by atoms with Gasteiger partial charge in [0.25, 0.3) is 0 Å². The first-order valence-corrected chi connectivity index (χ1v) is 8.55. The second-order valence-corrected chi connectivity index (χ2v) is 7.03. The van der Waals surface area contributed by atoms with Crippen LogP contribution in [-0.2, 0) is 19.4 Å². The van der Waals surface area contributed by atoms with Crippen LogP contribution in [0, 0.1) is 6.92 Å². The van der Waals surface area contributed by atoms with Crippen LogP contribution in [0.25, 0.3) is 0 Å². The topological polar surface area (TPSA) is 134 Å². The lowest BCUT2D eigenvalue weighted by molar-refractivity contribution is -0.142. The quantitative estimate of drug-likeness (QED) is 0.759. The molecule has 0 aliphatic heterocycles. The predicted molar refractivity (Wildman–Crippen MR) is 86.8 cm³/mol. The Kier molecular flexibility index (Phi) is 5.02. The highest BCUT2D eigenvalue weighted by Crippen LogP contribution is 2.19. The highest BCUT2D eigenvalue weighted by atomic mass is 32.2. The molecule has 0 bridgehead atoms. The fraction of sp³-hybridized carbons (Fsp3) is 0.200. The van der Waals surface area contributed by atoms with Crippen molar-refractivity contribution in [3.8, 4) is 0 Å². The zero-order valence-corrected chi connectivity index (χ0v) is 14.6. The minimum Gasteiger partial charge on any atom is -0.367 e. The van der Waals surface area contributed by atoms with Crippen molar-refractivity contribution in [2.45, 2.75) is 30.7 Å². The Morgan fingerprint density at radius 2 is 1.80 bits per heavy atom. The van der Waals surface area contributed by atoms with Gasteiger partial charge < -0.3 is 10.6 Å². The number of aryl methyl sites for hydroxylation is 1. The summed E-state index contributed by atoms with van der Waals surface area (Å²) < 4.78 is 26.1. The third-order valence-electron chi connectivity index (χ3n) is 2.99. The van der Waals surface area contributed by atoms with E-state index < -0.39 is 32.7 Å². The maximum absolute atomic E-state index is 12.7. The molecule has 1 aromatic heterocycles. The molecular weight excluding hydrogens is 348 g/mol. The van der Waals surface area contributed by atoms with Crippen LogP contribution >= 0.6 is 0 Å². The zero-order valence-electron chi connectivity index (χ0n) is 13.8. The van der Waals surface area contributed by atoms with E-state index in [1.54, 1.807) is 12.1 Å². The molecule has 0 unspecified atom stereocenters. The van der Waals surface area contributed by atoms with Gasteiger partial charge in [0.05, 0.1) is 4.90 Å². The molecule has 10 heteroatoms. The number of amides is 1. The average Bonchev–Trinajstić information content (AvgIpc) is 2.50. The molecule has 25 heavy (non-hydrogen) atoms. The molecule has 1 aromatic carbocycles. The summed E-state index contributed by atoms with van der Waals surface area (Å²) in [6.45, 7) is 4.09. The molecular formula is C15H16N4O5S. The van der Waals surface area contributed by atoms with Gasteiger partial charge in [-0.05, 0) is 19.1 Å². The molecule has 1 amide bonds. The number of rotatable bonds is 3. The van der Waals surface area contributed by atoms with Gasteiger partial charge in [0, 0.05) is 19.9 Å². The zero-order chi connectivity index (χ0) is 18.8. The van der Waals surface area contributed by atoms with Gasteiger partial charge in [-0.15, -0.1) is 4.73 Å². The van der Waals surface area contributed by atoms with Crippen LogP contribution in [0.4, 0.5) is 5.95 Å². The molecule has 0 atom stereocenters. The van der Waals surface area contributed by atoms with E-state index in [0.29, 0.717) is 4.73 Å². The van der Waals surface area contributed by atoms with Gasteiger partial charge in [-0.2, -0.15) is 9.98 Å². The molecule has 132 valence electrons. The van der Waals surface area contributed by atoms with Gasteiger partial charge in [-0.1, -0.05) is 17.7 Å². The van der Waals surface area contributed by atoms with E-state index in [-0.39, 0.29) is 10.4 Å². The summed E-state index contributed by atoms with van der Waals surface area (Å²) in [4.78, 5) is 34.7. The molecule has 9 nitrogen and oxygen atoms in total. The smallest absolute Gasteiger partial charge is 0.330 e. The van der Waals surface area contributed by atoms with Gasteiger partial charge in [0.2, 0.25) is 21.7 Å². The van der Waals surface area contributed by atoms with E-state index in [4.69, 9.17) is 10.6 Å². The Labute approximate surface area is 143 Å². The van der Waals surface area contributed by atoms with Crippen molar-refractivity contribution in [3.05, 3.63) is 41.4 Å². The largest absolute Gasteiger partial charge is 0.367 e. The van der Waals surface area contributed by atoms with E-state index in [9.17, 15) is 18.0 Å². The third kappa shape index (κ3) is 4.10. The second-order valence-electron chi connectivity index (χ2n) is 5.14. The summed E-state index contributed by atoms with van der Waals surface area (Å²) in [5, 5.41) is -0.419. The number of aromatic nitrogens is 2. The second kappa shape index (κ2) is 6.85. The standard InChI is InChI=1S/C15H16N4O5S/c1-9-4-6-12(7-5-9)25(22,23)14-8-13(17-10(2)20)19(15(16)18-14)24-11(3)21/h4-8H,1-3H3,(H2,16,18). The van der Waals surface area contributed by atoms with Crippen LogP contribution in [0.2, 0.25) is 0 Å². The van der Waals surface area contributed by atoms with Gasteiger partial charge in [0.15, 0.2) is 10.5 Å². The summed E-state index contributed by atoms with van der Waals surface area (Å²) in [7, 11) is -4.00. The number of nitrogen functional groups attached to an aromatic ring is 1. The fourth-order valence-electron chi connectivity index (χ4n) is 1.91. The van der Waals surface area contributed by atoms with Crippen molar-refractivity contribution in [2.24, 2.45) is 4.99 Å². The summed E-state index contributed by atoms with van der Waals surface area (Å²) in [6, 6.07) is 7.14. The number of hydrogen-bond acceptors (Lipinski definition) is 7. The lowest BCUT2D eigenvalue weighted by Gasteiger charge is -2.11. The highest BCUT2D eigenvalue weighted by molar-refractivity contribution is 7.91. The minimum atomic E-state index is -4.00. The van der Waals surface area contributed by atoms with E-state index in [2.05, 4.69) is 9.98 Å². The number of anilines is 1. The van der Waals surface area contributed by atoms with E-state index in [0.717, 1.165) is 25.5 Å². The van der Waals surface area contributed by atoms with Crippen molar-refractivity contribution in [1.82, 2.24) is 9.71 Å². The molecule has 0 aliphatic rings. The number of sulfone groups is 1. The first-order chi connectivity index (χ1) is 11.6. The lowest BCUT2D eigenvalue weighted by Crippen LogP contribution is -2.34. The normalized spacial score (nSPS) is 12.0. The molecule has 1 heterocycles. The monoisotopic (exact) mass is 364 g/mol. The van der Waals surface area contributed by atoms with Crippen LogP contribution in [0.3, 0.4) is 0 Å². The molecule has 0 spiro atoms. The van der Waals surface area contributed by atoms with Gasteiger partial charge >= 0.3 is 5.97 Å². The van der Waals surface area contributed by atoms with Crippen molar-refractivity contribution in [1.29, 1.82) is 0 Å². The first kappa shape index (κ1) is 18.3. The Morgan fingerprint density at radius 3 is 2.32 bits per heavy atom. The molecule has 2 rings (SSSR count). The number of carbonyl (C=O) groups is 2. The third-order valence-corrected chi connectivity index (χ3v) is 4.64. The number of hydrogen-bond donors (Lipinski definition) is 1. The van der Waals surface area contributed by atoms with Crippen LogP contribution in [0.5, 0.6) is 0 Å². The van der Waals surface area contributed by atoms with Gasteiger partial charge in [-0.25, -0.2) is 13.2 Å². The maximum atomic E-state index is 12.7. The maximum Gasteiger partial charge on any atom is 0.330 e.